The molecule has 2 rings (SSSR count). The van der Waals surface area contributed by atoms with E-state index in [4.69, 9.17) is 24.0 Å². The number of halogens is 5. The van der Waals surface area contributed by atoms with Crippen LogP contribution in [0.15, 0.2) is 0 Å². The van der Waals surface area contributed by atoms with Gasteiger partial charge in [-0.15, -0.1) is 0 Å². The lowest BCUT2D eigenvalue weighted by Gasteiger charge is -2.43. The third-order valence-corrected chi connectivity index (χ3v) is 7.91. The molecule has 44 heavy (non-hydrogen) atoms. The number of esters is 1. The van der Waals surface area contributed by atoms with Crippen molar-refractivity contribution in [3.8, 4) is 5.75 Å². The van der Waals surface area contributed by atoms with Crippen molar-refractivity contribution in [1.29, 1.82) is 0 Å². The van der Waals surface area contributed by atoms with Crippen LogP contribution >= 0.6 is 7.60 Å². The molecule has 5 N–H and O–H groups in total. The molecule has 6 atom stereocenters. The van der Waals surface area contributed by atoms with Gasteiger partial charge in [-0.3, -0.25) is 9.36 Å². The van der Waals surface area contributed by atoms with Gasteiger partial charge in [-0.1, -0.05) is 6.92 Å². The normalized spacial score (nSPS) is 23.9. The van der Waals surface area contributed by atoms with Crippen LogP contribution in [-0.4, -0.2) is 85.8 Å². The van der Waals surface area contributed by atoms with Gasteiger partial charge in [0.15, 0.2) is 6.29 Å². The van der Waals surface area contributed by atoms with Crippen LogP contribution in [0.25, 0.3) is 0 Å². The predicted octanol–water partition coefficient (Wildman–Crippen LogP) is 3.45. The molecular formula is C27H40F5O11P. The molecule has 0 aliphatic carbocycles. The van der Waals surface area contributed by atoms with E-state index in [1.807, 2.05) is 0 Å². The van der Waals surface area contributed by atoms with Gasteiger partial charge in [-0.05, 0) is 59.3 Å². The zero-order chi connectivity index (χ0) is 33.8. The summed E-state index contributed by atoms with van der Waals surface area (Å²) < 4.78 is 100. The lowest BCUT2D eigenvalue weighted by atomic mass is 9.91. The summed E-state index contributed by atoms with van der Waals surface area (Å²) in [6.45, 7) is 8.73. The first kappa shape index (κ1) is 38.4. The Bertz CT molecular complexity index is 1170. The molecule has 11 nitrogen and oxygen atoms in total. The van der Waals surface area contributed by atoms with Crippen LogP contribution in [0.2, 0.25) is 0 Å². The van der Waals surface area contributed by atoms with Crippen LogP contribution in [-0.2, 0) is 23.6 Å². The van der Waals surface area contributed by atoms with Gasteiger partial charge in [0.2, 0.25) is 34.8 Å². The first-order chi connectivity index (χ1) is 20.0. The largest absolute Gasteiger partial charge is 0.420 e. The summed E-state index contributed by atoms with van der Waals surface area (Å²) in [6.07, 6.45) is -8.04. The van der Waals surface area contributed by atoms with Gasteiger partial charge in [0.25, 0.3) is 0 Å². The molecule has 0 aromatic heterocycles. The third-order valence-electron chi connectivity index (χ3n) is 7.07. The molecule has 0 saturated carbocycles. The third kappa shape index (κ3) is 11.0. The minimum absolute atomic E-state index is 0.130. The Kier molecular flexibility index (Phi) is 13.3. The lowest BCUT2D eigenvalue weighted by molar-refractivity contribution is -0.321. The highest BCUT2D eigenvalue weighted by Gasteiger charge is 2.46. The molecule has 1 saturated heterocycles. The Hall–Kier alpha value is -1.75. The number of benzene rings is 1. The zero-order valence-electron chi connectivity index (χ0n) is 24.9. The molecule has 1 aliphatic heterocycles. The van der Waals surface area contributed by atoms with Gasteiger partial charge < -0.3 is 44.1 Å². The summed E-state index contributed by atoms with van der Waals surface area (Å²) in [5.41, 5.74) is -1.76. The number of hydrogen-bond donors (Lipinski definition) is 5. The molecule has 1 fully saturated rings. The quantitative estimate of drug-likeness (QED) is 0.0464. The number of rotatable bonds is 15. The molecule has 1 aromatic carbocycles. The van der Waals surface area contributed by atoms with Crippen molar-refractivity contribution in [2.45, 2.75) is 109 Å². The fourth-order valence-corrected chi connectivity index (χ4v) is 5.29. The number of carbonyl (C=O) groups is 1. The summed E-state index contributed by atoms with van der Waals surface area (Å²) in [6, 6.07) is 0. The minimum atomic E-state index is -4.41. The van der Waals surface area contributed by atoms with E-state index >= 15 is 0 Å². The van der Waals surface area contributed by atoms with Crippen LogP contribution < -0.4 is 4.74 Å². The zero-order valence-corrected chi connectivity index (χ0v) is 25.8. The van der Waals surface area contributed by atoms with E-state index in [2.05, 4.69) is 4.74 Å². The summed E-state index contributed by atoms with van der Waals surface area (Å²) >= 11 is 0. The molecule has 0 spiro atoms. The van der Waals surface area contributed by atoms with Crippen molar-refractivity contribution in [2.24, 2.45) is 5.92 Å². The second-order valence-corrected chi connectivity index (χ2v) is 13.9. The van der Waals surface area contributed by atoms with Crippen molar-refractivity contribution in [2.75, 3.05) is 12.8 Å². The standard InChI is InChI=1S/C27H40F5O11P/c1-13(6-7-15(33)42-24-19(31)17(29)16(28)18(30)20(24)32)12-27(4,5)40-10-9-26(2,3)43-25-23(36)22(35)21(34)14(41-25)8-11-44(37,38)39/h13-14,21-23,25,34-36H,6-12H2,1-5H3,(H2,37,38,39)/t13?,14-,21-,22+,23+,25-/m1/s1. The van der Waals surface area contributed by atoms with E-state index in [0.29, 0.717) is 6.42 Å². The van der Waals surface area contributed by atoms with Gasteiger partial charge in [0.05, 0.1) is 30.1 Å². The Morgan fingerprint density at radius 1 is 0.909 bits per heavy atom. The molecular weight excluding hydrogens is 626 g/mol. The number of hydrogen-bond acceptors (Lipinski definition) is 9. The first-order valence-electron chi connectivity index (χ1n) is 13.8. The van der Waals surface area contributed by atoms with Gasteiger partial charge in [0, 0.05) is 6.42 Å². The molecule has 1 heterocycles. The molecule has 1 aliphatic rings. The number of ether oxygens (including phenoxy) is 4. The van der Waals surface area contributed by atoms with Crippen molar-refractivity contribution in [3.63, 3.8) is 0 Å². The highest BCUT2D eigenvalue weighted by atomic mass is 31.2. The Labute approximate surface area is 251 Å². The van der Waals surface area contributed by atoms with Crippen molar-refractivity contribution >= 4 is 13.6 Å². The molecule has 0 amide bonds. The topological polar surface area (TPSA) is 172 Å². The molecule has 17 heteroatoms. The van der Waals surface area contributed by atoms with Crippen molar-refractivity contribution in [1.82, 2.24) is 0 Å². The summed E-state index contributed by atoms with van der Waals surface area (Å²) in [4.78, 5) is 30.3. The molecule has 0 bridgehead atoms. The highest BCUT2D eigenvalue weighted by Crippen LogP contribution is 2.38. The molecule has 0 radical (unpaired) electrons. The van der Waals surface area contributed by atoms with Crippen LogP contribution in [0.5, 0.6) is 5.75 Å². The van der Waals surface area contributed by atoms with E-state index in [1.54, 1.807) is 34.6 Å². The van der Waals surface area contributed by atoms with E-state index in [1.165, 1.54) is 0 Å². The molecule has 254 valence electrons. The van der Waals surface area contributed by atoms with E-state index in [0.717, 1.165) is 0 Å². The maximum absolute atomic E-state index is 13.8. The van der Waals surface area contributed by atoms with E-state index in [9.17, 15) is 46.6 Å². The summed E-state index contributed by atoms with van der Waals surface area (Å²) in [5.74, 6) is -14.4. The summed E-state index contributed by atoms with van der Waals surface area (Å²) in [7, 11) is -4.41. The minimum Gasteiger partial charge on any atom is -0.420 e. The second kappa shape index (κ2) is 15.2. The maximum atomic E-state index is 13.8. The monoisotopic (exact) mass is 666 g/mol. The van der Waals surface area contributed by atoms with Crippen LogP contribution in [0.4, 0.5) is 22.0 Å². The van der Waals surface area contributed by atoms with Crippen LogP contribution in [0.3, 0.4) is 0 Å². The van der Waals surface area contributed by atoms with E-state index in [-0.39, 0.29) is 38.2 Å². The Morgan fingerprint density at radius 2 is 1.45 bits per heavy atom. The predicted molar refractivity (Wildman–Crippen MR) is 143 cm³/mol. The maximum Gasteiger partial charge on any atom is 0.325 e. The SMILES string of the molecule is CC(CCC(=O)Oc1c(F)c(F)c(F)c(F)c1F)CC(C)(C)OCCC(C)(C)O[C@H]1O[C@H](CCP(=O)(O)O)[C@@H](O)[C@H](O)[C@@H]1O. The van der Waals surface area contributed by atoms with Crippen molar-refractivity contribution in [3.05, 3.63) is 29.1 Å². The number of aliphatic hydroxyl groups excluding tert-OH is 3. The average Bonchev–Trinajstić information content (AvgIpc) is 2.90. The van der Waals surface area contributed by atoms with Crippen molar-refractivity contribution < 1.29 is 75.4 Å². The average molecular weight is 667 g/mol. The van der Waals surface area contributed by atoms with Gasteiger partial charge in [-0.2, -0.15) is 8.78 Å². The number of aliphatic hydroxyl groups is 3. The molecule has 1 unspecified atom stereocenters. The van der Waals surface area contributed by atoms with Gasteiger partial charge in [0.1, 0.15) is 18.3 Å². The van der Waals surface area contributed by atoms with Gasteiger partial charge in [-0.25, -0.2) is 13.2 Å². The first-order valence-corrected chi connectivity index (χ1v) is 15.6. The highest BCUT2D eigenvalue weighted by molar-refractivity contribution is 7.51. The number of carbonyl (C=O) groups excluding carboxylic acids is 1. The Morgan fingerprint density at radius 3 is 2.00 bits per heavy atom. The lowest BCUT2D eigenvalue weighted by Crippen LogP contribution is -2.59. The fraction of sp³-hybridized carbons (Fsp3) is 0.741. The smallest absolute Gasteiger partial charge is 0.325 e. The van der Waals surface area contributed by atoms with E-state index < -0.39 is 96.5 Å². The van der Waals surface area contributed by atoms with Crippen LogP contribution in [0, 0.1) is 35.0 Å². The fourth-order valence-electron chi connectivity index (χ4n) is 4.70. The van der Waals surface area contributed by atoms with Gasteiger partial charge >= 0.3 is 13.6 Å². The second-order valence-electron chi connectivity index (χ2n) is 12.1. The summed E-state index contributed by atoms with van der Waals surface area (Å²) in [5, 5.41) is 30.7. The molecule has 1 aromatic rings. The van der Waals surface area contributed by atoms with Crippen LogP contribution in [0.1, 0.15) is 66.7 Å². The Balaban J connectivity index is 1.85.